The number of pyridine rings is 1. The van der Waals surface area contributed by atoms with E-state index in [0.29, 0.717) is 5.02 Å². The summed E-state index contributed by atoms with van der Waals surface area (Å²) in [7, 11) is -1.25. The van der Waals surface area contributed by atoms with Crippen LogP contribution in [0.2, 0.25) is 5.02 Å². The fourth-order valence-electron chi connectivity index (χ4n) is 0.766. The van der Waals surface area contributed by atoms with Crippen LogP contribution in [-0.2, 0) is 11.0 Å². The van der Waals surface area contributed by atoms with Gasteiger partial charge in [-0.25, -0.2) is 4.21 Å². The summed E-state index contributed by atoms with van der Waals surface area (Å²) in [4.78, 5) is 3.90. The molecule has 0 amide bonds. The van der Waals surface area contributed by atoms with Crippen LogP contribution in [0.15, 0.2) is 22.9 Å². The van der Waals surface area contributed by atoms with Crippen molar-refractivity contribution in [3.8, 4) is 0 Å². The third-order valence-corrected chi connectivity index (χ3v) is 3.10. The largest absolute Gasteiger partial charge is 0.262 e. The average Bonchev–Trinajstić information content (AvgIpc) is 2.12. The molecule has 0 aliphatic heterocycles. The van der Waals surface area contributed by atoms with E-state index in [1.807, 2.05) is 20.8 Å². The topological polar surface area (TPSA) is 42.3 Å². The number of halogens is 1. The molecule has 0 aromatic carbocycles. The average molecular weight is 245 g/mol. The van der Waals surface area contributed by atoms with Gasteiger partial charge in [0.25, 0.3) is 0 Å². The molecule has 0 bridgehead atoms. The molecule has 1 aromatic rings. The van der Waals surface area contributed by atoms with Gasteiger partial charge in [-0.1, -0.05) is 11.6 Å². The Kier molecular flexibility index (Phi) is 3.99. The number of hydrogen-bond donors (Lipinski definition) is 0. The first-order valence-electron chi connectivity index (χ1n) is 4.46. The van der Waals surface area contributed by atoms with Gasteiger partial charge in [-0.05, 0) is 26.8 Å². The summed E-state index contributed by atoms with van der Waals surface area (Å²) in [6.07, 6.45) is 4.69. The number of nitrogens with zero attached hydrogens (tertiary/aromatic N) is 2. The zero-order valence-corrected chi connectivity index (χ0v) is 10.5. The maximum absolute atomic E-state index is 11.6. The number of aromatic nitrogens is 1. The Morgan fingerprint density at radius 1 is 1.47 bits per heavy atom. The third kappa shape index (κ3) is 4.10. The minimum atomic E-state index is -1.25. The standard InChI is InChI=1S/C10H13ClN2OS/c1-10(2,3)15(14)13-6-8-4-9(11)7-12-5-8/h4-7H,1-3H3/t15-/m0/s1. The Bertz CT molecular complexity index is 399. The lowest BCUT2D eigenvalue weighted by atomic mass is 10.3. The van der Waals surface area contributed by atoms with Crippen molar-refractivity contribution in [1.29, 1.82) is 0 Å². The van der Waals surface area contributed by atoms with Crippen LogP contribution in [0.25, 0.3) is 0 Å². The van der Waals surface area contributed by atoms with Gasteiger partial charge in [-0.2, -0.15) is 4.40 Å². The lowest BCUT2D eigenvalue weighted by molar-refractivity contribution is 0.651. The van der Waals surface area contributed by atoms with Crippen LogP contribution in [0.3, 0.4) is 0 Å². The first kappa shape index (κ1) is 12.3. The van der Waals surface area contributed by atoms with E-state index < -0.39 is 11.0 Å². The van der Waals surface area contributed by atoms with Gasteiger partial charge in [0.15, 0.2) is 0 Å². The van der Waals surface area contributed by atoms with Gasteiger partial charge in [0.1, 0.15) is 11.0 Å². The molecule has 1 atom stereocenters. The first-order chi connectivity index (χ1) is 6.89. The van der Waals surface area contributed by atoms with Gasteiger partial charge in [0, 0.05) is 24.2 Å². The normalized spacial score (nSPS) is 14.4. The molecule has 0 fully saturated rings. The van der Waals surface area contributed by atoms with Gasteiger partial charge in [0.2, 0.25) is 0 Å². The zero-order chi connectivity index (χ0) is 11.5. The predicted octanol–water partition coefficient (Wildman–Crippen LogP) is 2.62. The van der Waals surface area contributed by atoms with Crippen LogP contribution in [-0.4, -0.2) is 20.2 Å². The minimum Gasteiger partial charge on any atom is -0.262 e. The second-order valence-electron chi connectivity index (χ2n) is 4.03. The highest BCUT2D eigenvalue weighted by molar-refractivity contribution is 7.85. The molecule has 0 aliphatic rings. The molecule has 5 heteroatoms. The summed E-state index contributed by atoms with van der Waals surface area (Å²) in [5, 5.41) is 0.542. The summed E-state index contributed by atoms with van der Waals surface area (Å²) in [5.41, 5.74) is 0.750. The molecule has 82 valence electrons. The van der Waals surface area contributed by atoms with E-state index in [2.05, 4.69) is 9.38 Å². The minimum absolute atomic E-state index is 0.345. The van der Waals surface area contributed by atoms with Crippen molar-refractivity contribution >= 4 is 28.8 Å². The van der Waals surface area contributed by atoms with E-state index in [1.165, 1.54) is 6.21 Å². The van der Waals surface area contributed by atoms with Crippen LogP contribution in [0.1, 0.15) is 26.3 Å². The maximum atomic E-state index is 11.6. The Hall–Kier alpha value is -0.740. The van der Waals surface area contributed by atoms with Gasteiger partial charge in [-0.3, -0.25) is 4.98 Å². The van der Waals surface area contributed by atoms with Crippen molar-refractivity contribution in [3.63, 3.8) is 0 Å². The summed E-state index contributed by atoms with van der Waals surface area (Å²) in [6.45, 7) is 5.62. The van der Waals surface area contributed by atoms with Crippen LogP contribution in [0, 0.1) is 0 Å². The molecule has 0 unspecified atom stereocenters. The molecule has 0 saturated heterocycles. The molecule has 0 spiro atoms. The Morgan fingerprint density at radius 2 is 2.13 bits per heavy atom. The van der Waals surface area contributed by atoms with Gasteiger partial charge >= 0.3 is 0 Å². The lowest BCUT2D eigenvalue weighted by Gasteiger charge is -2.12. The van der Waals surface area contributed by atoms with E-state index in [4.69, 9.17) is 11.6 Å². The monoisotopic (exact) mass is 244 g/mol. The highest BCUT2D eigenvalue weighted by atomic mass is 35.5. The van der Waals surface area contributed by atoms with Crippen LogP contribution in [0.4, 0.5) is 0 Å². The van der Waals surface area contributed by atoms with E-state index in [-0.39, 0.29) is 4.75 Å². The molecule has 0 radical (unpaired) electrons. The van der Waals surface area contributed by atoms with Crippen LogP contribution in [0.5, 0.6) is 0 Å². The highest BCUT2D eigenvalue weighted by Crippen LogP contribution is 2.12. The molecular weight excluding hydrogens is 232 g/mol. The van der Waals surface area contributed by atoms with Gasteiger partial charge in [0.05, 0.1) is 9.77 Å². The lowest BCUT2D eigenvalue weighted by Crippen LogP contribution is -2.19. The van der Waals surface area contributed by atoms with Crippen molar-refractivity contribution in [2.24, 2.45) is 4.40 Å². The zero-order valence-electron chi connectivity index (χ0n) is 8.90. The van der Waals surface area contributed by atoms with Crippen molar-refractivity contribution in [3.05, 3.63) is 29.0 Å². The van der Waals surface area contributed by atoms with Gasteiger partial charge < -0.3 is 0 Å². The SMILES string of the molecule is CC(C)(C)[S@](=O)N=Cc1cncc(Cl)c1. The number of hydrogen-bond acceptors (Lipinski definition) is 2. The second kappa shape index (κ2) is 4.86. The summed E-state index contributed by atoms with van der Waals surface area (Å²) in [6, 6.07) is 1.72. The van der Waals surface area contributed by atoms with Crippen LogP contribution < -0.4 is 0 Å². The van der Waals surface area contributed by atoms with Crippen LogP contribution >= 0.6 is 11.6 Å². The fraction of sp³-hybridized carbons (Fsp3) is 0.400. The third-order valence-electron chi connectivity index (χ3n) is 1.55. The quantitative estimate of drug-likeness (QED) is 0.751. The molecule has 1 rings (SSSR count). The van der Waals surface area contributed by atoms with Gasteiger partial charge in [-0.15, -0.1) is 0 Å². The second-order valence-corrected chi connectivity index (χ2v) is 6.40. The molecule has 1 aromatic heterocycles. The Balaban J connectivity index is 2.79. The molecule has 0 aliphatic carbocycles. The van der Waals surface area contributed by atoms with Crippen molar-refractivity contribution in [2.75, 3.05) is 0 Å². The maximum Gasteiger partial charge on any atom is 0.144 e. The van der Waals surface area contributed by atoms with E-state index in [0.717, 1.165) is 5.56 Å². The van der Waals surface area contributed by atoms with Crippen molar-refractivity contribution in [1.82, 2.24) is 4.98 Å². The summed E-state index contributed by atoms with van der Waals surface area (Å²) >= 11 is 5.75. The molecule has 15 heavy (non-hydrogen) atoms. The Morgan fingerprint density at radius 3 is 2.67 bits per heavy atom. The molecule has 0 N–H and O–H groups in total. The number of rotatable bonds is 2. The van der Waals surface area contributed by atoms with E-state index in [1.54, 1.807) is 18.5 Å². The van der Waals surface area contributed by atoms with E-state index >= 15 is 0 Å². The fourth-order valence-corrected chi connectivity index (χ4v) is 1.48. The molecule has 3 nitrogen and oxygen atoms in total. The Labute approximate surface area is 97.2 Å². The summed E-state index contributed by atoms with van der Waals surface area (Å²) < 4.78 is 15.2. The molecular formula is C10H13ClN2OS. The first-order valence-corrected chi connectivity index (χ1v) is 5.95. The van der Waals surface area contributed by atoms with Crippen molar-refractivity contribution in [2.45, 2.75) is 25.5 Å². The highest BCUT2D eigenvalue weighted by Gasteiger charge is 2.17. The summed E-state index contributed by atoms with van der Waals surface area (Å²) in [5.74, 6) is 0. The smallest absolute Gasteiger partial charge is 0.144 e. The predicted molar refractivity (Wildman–Crippen MR) is 64.7 cm³/mol. The van der Waals surface area contributed by atoms with Crippen molar-refractivity contribution < 1.29 is 4.21 Å². The molecule has 0 saturated carbocycles. The molecule has 1 heterocycles. The van der Waals surface area contributed by atoms with E-state index in [9.17, 15) is 4.21 Å².